The molecule has 15 heavy (non-hydrogen) atoms. The highest BCUT2D eigenvalue weighted by atomic mass is 14.2. The van der Waals surface area contributed by atoms with E-state index in [2.05, 4.69) is 59.7 Å². The standard InChI is InChI=1S/C15H23/c1-10(2)13-7-8-14(11(3)4)15(9-13)12(5)6/h7-8,10-12H,1-6H3. The predicted molar refractivity (Wildman–Crippen MR) is 67.5 cm³/mol. The Balaban J connectivity index is 3.21. The Morgan fingerprint density at radius 2 is 1.40 bits per heavy atom. The van der Waals surface area contributed by atoms with Crippen LogP contribution in [0.25, 0.3) is 0 Å². The normalized spacial score (nSPS) is 11.8. The molecule has 0 heteroatoms. The number of hydrogen-bond acceptors (Lipinski definition) is 0. The third-order valence-corrected chi connectivity index (χ3v) is 2.85. The van der Waals surface area contributed by atoms with Gasteiger partial charge < -0.3 is 0 Å². The molecule has 0 N–H and O–H groups in total. The van der Waals surface area contributed by atoms with Crippen molar-refractivity contribution in [2.75, 3.05) is 0 Å². The lowest BCUT2D eigenvalue weighted by Gasteiger charge is -2.18. The second-order valence-corrected chi connectivity index (χ2v) is 5.25. The first-order valence-corrected chi connectivity index (χ1v) is 5.99. The molecule has 0 heterocycles. The lowest BCUT2D eigenvalue weighted by molar-refractivity contribution is 0.775. The van der Waals surface area contributed by atoms with Gasteiger partial charge in [0.15, 0.2) is 0 Å². The maximum Gasteiger partial charge on any atom is -0.0106 e. The van der Waals surface area contributed by atoms with E-state index in [1.54, 1.807) is 0 Å². The molecule has 0 saturated carbocycles. The molecule has 83 valence electrons. The van der Waals surface area contributed by atoms with Crippen LogP contribution in [0.2, 0.25) is 0 Å². The maximum absolute atomic E-state index is 3.59. The zero-order valence-corrected chi connectivity index (χ0v) is 10.9. The number of rotatable bonds is 3. The summed E-state index contributed by atoms with van der Waals surface area (Å²) in [6.07, 6.45) is 0. The molecule has 0 saturated heterocycles. The zero-order chi connectivity index (χ0) is 11.6. The fourth-order valence-corrected chi connectivity index (χ4v) is 1.86. The molecule has 0 spiro atoms. The Hall–Kier alpha value is -0.780. The van der Waals surface area contributed by atoms with Crippen LogP contribution < -0.4 is 0 Å². The highest BCUT2D eigenvalue weighted by molar-refractivity contribution is 5.36. The third-order valence-electron chi connectivity index (χ3n) is 2.85. The van der Waals surface area contributed by atoms with Gasteiger partial charge in [0.25, 0.3) is 0 Å². The van der Waals surface area contributed by atoms with Crippen LogP contribution in [0.4, 0.5) is 0 Å². The first-order chi connectivity index (χ1) is 6.93. The van der Waals surface area contributed by atoms with Crippen molar-refractivity contribution >= 4 is 0 Å². The van der Waals surface area contributed by atoms with Gasteiger partial charge in [0.2, 0.25) is 0 Å². The zero-order valence-electron chi connectivity index (χ0n) is 10.9. The van der Waals surface area contributed by atoms with E-state index in [4.69, 9.17) is 0 Å². The molecule has 0 aromatic heterocycles. The van der Waals surface area contributed by atoms with Crippen LogP contribution in [0.15, 0.2) is 12.1 Å². The largest absolute Gasteiger partial charge is 0.0587 e. The van der Waals surface area contributed by atoms with Crippen molar-refractivity contribution in [3.8, 4) is 0 Å². The summed E-state index contributed by atoms with van der Waals surface area (Å²) >= 11 is 0. The molecule has 0 atom stereocenters. The quantitative estimate of drug-likeness (QED) is 0.658. The van der Waals surface area contributed by atoms with Crippen LogP contribution in [0.5, 0.6) is 0 Å². The second kappa shape index (κ2) is 4.83. The molecule has 1 rings (SSSR count). The summed E-state index contributed by atoms with van der Waals surface area (Å²) in [5.74, 6) is 1.74. The van der Waals surface area contributed by atoms with Crippen LogP contribution in [0.3, 0.4) is 0 Å². The fraction of sp³-hybridized carbons (Fsp3) is 0.600. The highest BCUT2D eigenvalue weighted by Gasteiger charge is 2.12. The van der Waals surface area contributed by atoms with Gasteiger partial charge in [-0.3, -0.25) is 0 Å². The molecule has 0 fully saturated rings. The van der Waals surface area contributed by atoms with Crippen LogP contribution >= 0.6 is 0 Å². The van der Waals surface area contributed by atoms with E-state index < -0.39 is 0 Å². The van der Waals surface area contributed by atoms with Crippen molar-refractivity contribution in [1.82, 2.24) is 0 Å². The van der Waals surface area contributed by atoms with E-state index in [0.717, 1.165) is 0 Å². The molecule has 0 aliphatic rings. The summed E-state index contributed by atoms with van der Waals surface area (Å²) in [6.45, 7) is 13.5. The molecule has 1 aromatic carbocycles. The van der Waals surface area contributed by atoms with Gasteiger partial charge in [0, 0.05) is 0 Å². The van der Waals surface area contributed by atoms with Gasteiger partial charge in [-0.05, 0) is 40.5 Å². The first-order valence-electron chi connectivity index (χ1n) is 5.99. The summed E-state index contributed by atoms with van der Waals surface area (Å²) in [4.78, 5) is 0. The summed E-state index contributed by atoms with van der Waals surface area (Å²) in [7, 11) is 0. The molecule has 0 aliphatic heterocycles. The van der Waals surface area contributed by atoms with Crippen LogP contribution in [-0.4, -0.2) is 0 Å². The van der Waals surface area contributed by atoms with Crippen molar-refractivity contribution in [3.05, 3.63) is 34.9 Å². The molecule has 0 amide bonds. The van der Waals surface area contributed by atoms with Gasteiger partial charge in [-0.1, -0.05) is 53.7 Å². The van der Waals surface area contributed by atoms with Gasteiger partial charge >= 0.3 is 0 Å². The Morgan fingerprint density at radius 3 is 1.80 bits per heavy atom. The van der Waals surface area contributed by atoms with Gasteiger partial charge in [-0.25, -0.2) is 0 Å². The van der Waals surface area contributed by atoms with Gasteiger partial charge in [0.05, 0.1) is 0 Å². The molecular weight excluding hydrogens is 180 g/mol. The molecule has 0 aliphatic carbocycles. The van der Waals surface area contributed by atoms with E-state index in [1.165, 1.54) is 16.7 Å². The highest BCUT2D eigenvalue weighted by Crippen LogP contribution is 2.28. The fourth-order valence-electron chi connectivity index (χ4n) is 1.86. The SMILES string of the molecule is CC(C)c1[c]c(C(C)C)c(C(C)C)cc1. The second-order valence-electron chi connectivity index (χ2n) is 5.25. The maximum atomic E-state index is 3.59. The molecule has 0 bridgehead atoms. The van der Waals surface area contributed by atoms with Gasteiger partial charge in [-0.15, -0.1) is 0 Å². The van der Waals surface area contributed by atoms with Gasteiger partial charge in [0.1, 0.15) is 0 Å². The monoisotopic (exact) mass is 203 g/mol. The minimum Gasteiger partial charge on any atom is -0.0587 e. The summed E-state index contributed by atoms with van der Waals surface area (Å²) in [5.41, 5.74) is 4.19. The minimum absolute atomic E-state index is 0.570. The van der Waals surface area contributed by atoms with E-state index in [-0.39, 0.29) is 0 Å². The topological polar surface area (TPSA) is 0 Å². The summed E-state index contributed by atoms with van der Waals surface area (Å²) in [6, 6.07) is 8.10. The average molecular weight is 203 g/mol. The number of hydrogen-bond donors (Lipinski definition) is 0. The number of benzene rings is 1. The van der Waals surface area contributed by atoms with Crippen molar-refractivity contribution in [3.63, 3.8) is 0 Å². The Morgan fingerprint density at radius 1 is 0.800 bits per heavy atom. The van der Waals surface area contributed by atoms with Crippen molar-refractivity contribution in [2.45, 2.75) is 59.3 Å². The molecular formula is C15H23. The van der Waals surface area contributed by atoms with Crippen molar-refractivity contribution in [2.24, 2.45) is 0 Å². The van der Waals surface area contributed by atoms with E-state index in [0.29, 0.717) is 17.8 Å². The minimum atomic E-state index is 0.570. The van der Waals surface area contributed by atoms with E-state index >= 15 is 0 Å². The average Bonchev–Trinajstić information content (AvgIpc) is 2.16. The summed E-state index contributed by atoms with van der Waals surface area (Å²) in [5, 5.41) is 0. The van der Waals surface area contributed by atoms with Gasteiger partial charge in [-0.2, -0.15) is 0 Å². The Labute approximate surface area is 94.7 Å². The van der Waals surface area contributed by atoms with Crippen LogP contribution in [0.1, 0.15) is 76.0 Å². The van der Waals surface area contributed by atoms with E-state index in [9.17, 15) is 0 Å². The lowest BCUT2D eigenvalue weighted by Crippen LogP contribution is -2.01. The van der Waals surface area contributed by atoms with Crippen LogP contribution in [-0.2, 0) is 0 Å². The predicted octanol–water partition coefficient (Wildman–Crippen LogP) is 4.86. The van der Waals surface area contributed by atoms with Crippen LogP contribution in [0, 0.1) is 6.07 Å². The summed E-state index contributed by atoms with van der Waals surface area (Å²) < 4.78 is 0. The molecule has 0 unspecified atom stereocenters. The smallest absolute Gasteiger partial charge is 0.0106 e. The Kier molecular flexibility index (Phi) is 3.96. The molecule has 1 radical (unpaired) electrons. The first kappa shape index (κ1) is 12.3. The van der Waals surface area contributed by atoms with Crippen molar-refractivity contribution in [1.29, 1.82) is 0 Å². The Bertz CT molecular complexity index is 319. The van der Waals surface area contributed by atoms with E-state index in [1.807, 2.05) is 0 Å². The molecule has 0 nitrogen and oxygen atoms in total. The van der Waals surface area contributed by atoms with Crippen molar-refractivity contribution < 1.29 is 0 Å². The lowest BCUT2D eigenvalue weighted by atomic mass is 9.87. The molecule has 1 aromatic rings. The third kappa shape index (κ3) is 2.84.